The second-order valence-corrected chi connectivity index (χ2v) is 8.91. The molecule has 2 heterocycles. The highest BCUT2D eigenvalue weighted by Crippen LogP contribution is 2.39. The zero-order valence-electron chi connectivity index (χ0n) is 19.2. The summed E-state index contributed by atoms with van der Waals surface area (Å²) in [6, 6.07) is 9.45. The zero-order valence-corrected chi connectivity index (χ0v) is 19.9. The first-order chi connectivity index (χ1) is 16.7. The highest BCUT2D eigenvalue weighted by molar-refractivity contribution is 6.30. The number of ether oxygens (including phenoxy) is 1. The molecule has 1 aromatic carbocycles. The number of hydrogen-bond acceptors (Lipinski definition) is 6. The number of carbonyl (C=O) groups excluding carboxylic acids is 3. The average Bonchev–Trinajstić information content (AvgIpc) is 3.09. The molecule has 2 unspecified atom stereocenters. The standard InChI is InChI=1S/C26H23ClFN3O4/c1-14-9-18(35-26-19(28)12-17(27)13-31-26)10-15(2)22(14)23-21(32)11-16(24(23)33)6-8-30-25(34)20-5-3-4-7-29-20/h3-5,7,9-10,12-13,16,23H,6,8,11H2,1-2H3,(H,30,34). The van der Waals surface area contributed by atoms with Gasteiger partial charge in [-0.15, -0.1) is 0 Å². The van der Waals surface area contributed by atoms with Crippen molar-refractivity contribution in [1.82, 2.24) is 15.3 Å². The normalized spacial score (nSPS) is 17.5. The summed E-state index contributed by atoms with van der Waals surface area (Å²) >= 11 is 5.73. The minimum atomic E-state index is -0.870. The molecule has 4 rings (SSSR count). The maximum atomic E-state index is 14.1. The Kier molecular flexibility index (Phi) is 7.21. The number of pyridine rings is 2. The Bertz CT molecular complexity index is 1280. The fourth-order valence-corrected chi connectivity index (χ4v) is 4.53. The van der Waals surface area contributed by atoms with E-state index in [2.05, 4.69) is 15.3 Å². The Morgan fingerprint density at radius 2 is 1.91 bits per heavy atom. The van der Waals surface area contributed by atoms with E-state index >= 15 is 0 Å². The number of ketones is 2. The summed E-state index contributed by atoms with van der Waals surface area (Å²) in [6.45, 7) is 3.82. The van der Waals surface area contributed by atoms with Crippen molar-refractivity contribution in [3.05, 3.63) is 82.0 Å². The molecule has 1 aliphatic rings. The van der Waals surface area contributed by atoms with Crippen LogP contribution in [0.5, 0.6) is 11.6 Å². The third-order valence-electron chi connectivity index (χ3n) is 5.98. The molecule has 0 bridgehead atoms. The molecule has 1 N–H and O–H groups in total. The summed E-state index contributed by atoms with van der Waals surface area (Å²) < 4.78 is 19.6. The van der Waals surface area contributed by atoms with Gasteiger partial charge in [0, 0.05) is 31.3 Å². The van der Waals surface area contributed by atoms with Gasteiger partial charge >= 0.3 is 0 Å². The number of carbonyl (C=O) groups is 3. The van der Waals surface area contributed by atoms with Gasteiger partial charge in [0.15, 0.2) is 11.6 Å². The minimum absolute atomic E-state index is 0.125. The van der Waals surface area contributed by atoms with Crippen LogP contribution in [0.25, 0.3) is 0 Å². The highest BCUT2D eigenvalue weighted by Gasteiger charge is 2.42. The summed E-state index contributed by atoms with van der Waals surface area (Å²) in [4.78, 5) is 46.0. The fourth-order valence-electron chi connectivity index (χ4n) is 4.39. The largest absolute Gasteiger partial charge is 0.436 e. The topological polar surface area (TPSA) is 98.2 Å². The number of hydrogen-bond donors (Lipinski definition) is 1. The lowest BCUT2D eigenvalue weighted by Gasteiger charge is -2.17. The second kappa shape index (κ2) is 10.3. The molecule has 0 radical (unpaired) electrons. The third kappa shape index (κ3) is 5.38. The third-order valence-corrected chi connectivity index (χ3v) is 6.18. The lowest BCUT2D eigenvalue weighted by molar-refractivity contribution is -0.124. The summed E-state index contributed by atoms with van der Waals surface area (Å²) in [7, 11) is 0. The molecule has 3 aromatic rings. The maximum absolute atomic E-state index is 14.1. The number of aryl methyl sites for hydroxylation is 2. The predicted molar refractivity (Wildman–Crippen MR) is 127 cm³/mol. The van der Waals surface area contributed by atoms with Crippen LogP contribution >= 0.6 is 11.6 Å². The van der Waals surface area contributed by atoms with Gasteiger partial charge in [0.25, 0.3) is 11.8 Å². The molecule has 1 saturated carbocycles. The lowest BCUT2D eigenvalue weighted by Crippen LogP contribution is -2.27. The Labute approximate surface area is 206 Å². The van der Waals surface area contributed by atoms with Crippen molar-refractivity contribution < 1.29 is 23.5 Å². The van der Waals surface area contributed by atoms with Gasteiger partial charge in [0.1, 0.15) is 23.1 Å². The average molecular weight is 496 g/mol. The molecule has 180 valence electrons. The molecule has 2 aromatic heterocycles. The first-order valence-electron chi connectivity index (χ1n) is 11.1. The molecule has 0 spiro atoms. The van der Waals surface area contributed by atoms with Crippen LogP contribution in [0.1, 0.15) is 45.9 Å². The molecule has 0 saturated heterocycles. The molecule has 2 atom stereocenters. The van der Waals surface area contributed by atoms with E-state index in [9.17, 15) is 18.8 Å². The van der Waals surface area contributed by atoms with Crippen LogP contribution in [0.3, 0.4) is 0 Å². The summed E-state index contributed by atoms with van der Waals surface area (Å²) in [6.07, 6.45) is 3.30. The highest BCUT2D eigenvalue weighted by atomic mass is 35.5. The number of halogens is 2. The summed E-state index contributed by atoms with van der Waals surface area (Å²) in [5.41, 5.74) is 2.30. The second-order valence-electron chi connectivity index (χ2n) is 8.48. The molecular formula is C26H23ClFN3O4. The number of rotatable bonds is 7. The first kappa shape index (κ1) is 24.5. The van der Waals surface area contributed by atoms with Crippen LogP contribution in [0.2, 0.25) is 5.02 Å². The van der Waals surface area contributed by atoms with Gasteiger partial charge in [-0.2, -0.15) is 0 Å². The van der Waals surface area contributed by atoms with Gasteiger partial charge in [-0.05, 0) is 67.3 Å². The van der Waals surface area contributed by atoms with Crippen molar-refractivity contribution in [1.29, 1.82) is 0 Å². The van der Waals surface area contributed by atoms with Crippen LogP contribution in [0.4, 0.5) is 4.39 Å². The van der Waals surface area contributed by atoms with E-state index in [1.165, 1.54) is 12.4 Å². The first-order valence-corrected chi connectivity index (χ1v) is 11.5. The molecule has 1 amide bonds. The van der Waals surface area contributed by atoms with Crippen molar-refractivity contribution in [2.24, 2.45) is 5.92 Å². The fraction of sp³-hybridized carbons (Fsp3) is 0.269. The van der Waals surface area contributed by atoms with E-state index in [-0.39, 0.29) is 41.3 Å². The smallest absolute Gasteiger partial charge is 0.269 e. The van der Waals surface area contributed by atoms with Crippen LogP contribution < -0.4 is 10.1 Å². The van der Waals surface area contributed by atoms with E-state index in [0.29, 0.717) is 34.6 Å². The molecule has 0 aliphatic heterocycles. The number of aromatic nitrogens is 2. The van der Waals surface area contributed by atoms with Crippen molar-refractivity contribution in [3.8, 4) is 11.6 Å². The Morgan fingerprint density at radius 3 is 2.57 bits per heavy atom. The Morgan fingerprint density at radius 1 is 1.17 bits per heavy atom. The molecule has 9 heteroatoms. The van der Waals surface area contributed by atoms with E-state index < -0.39 is 17.7 Å². The van der Waals surface area contributed by atoms with E-state index in [0.717, 1.165) is 6.07 Å². The number of nitrogens with zero attached hydrogens (tertiary/aromatic N) is 2. The number of benzene rings is 1. The van der Waals surface area contributed by atoms with Crippen molar-refractivity contribution in [3.63, 3.8) is 0 Å². The van der Waals surface area contributed by atoms with Gasteiger partial charge in [-0.25, -0.2) is 9.37 Å². The number of nitrogens with one attached hydrogen (secondary N) is 1. The zero-order chi connectivity index (χ0) is 25.1. The van der Waals surface area contributed by atoms with Gasteiger partial charge in [0.05, 0.1) is 5.02 Å². The van der Waals surface area contributed by atoms with Gasteiger partial charge < -0.3 is 10.1 Å². The SMILES string of the molecule is Cc1cc(Oc2ncc(Cl)cc2F)cc(C)c1C1C(=O)CC(CCNC(=O)c2ccccn2)C1=O. The van der Waals surface area contributed by atoms with Crippen LogP contribution in [-0.2, 0) is 9.59 Å². The summed E-state index contributed by atoms with van der Waals surface area (Å²) in [5, 5.41) is 2.91. The Balaban J connectivity index is 1.45. The molecule has 1 aliphatic carbocycles. The van der Waals surface area contributed by atoms with Crippen LogP contribution in [-0.4, -0.2) is 34.0 Å². The lowest BCUT2D eigenvalue weighted by atomic mass is 9.87. The van der Waals surface area contributed by atoms with Gasteiger partial charge in [0.2, 0.25) is 0 Å². The Hall–Kier alpha value is -3.65. The monoisotopic (exact) mass is 495 g/mol. The van der Waals surface area contributed by atoms with Gasteiger partial charge in [-0.1, -0.05) is 17.7 Å². The van der Waals surface area contributed by atoms with Crippen molar-refractivity contribution in [2.45, 2.75) is 32.6 Å². The number of amides is 1. The molecule has 1 fully saturated rings. The summed E-state index contributed by atoms with van der Waals surface area (Å²) in [5.74, 6) is -2.56. The minimum Gasteiger partial charge on any atom is -0.436 e. The molecule has 35 heavy (non-hydrogen) atoms. The number of Topliss-reactive ketones (excluding diaryl/α,β-unsaturated/α-hetero) is 2. The van der Waals surface area contributed by atoms with Crippen LogP contribution in [0, 0.1) is 25.6 Å². The molecular weight excluding hydrogens is 473 g/mol. The quantitative estimate of drug-likeness (QED) is 0.475. The van der Waals surface area contributed by atoms with Crippen molar-refractivity contribution >= 4 is 29.1 Å². The van der Waals surface area contributed by atoms with Crippen molar-refractivity contribution in [2.75, 3.05) is 6.54 Å². The van der Waals surface area contributed by atoms with E-state index in [1.54, 1.807) is 44.2 Å². The van der Waals surface area contributed by atoms with E-state index in [1.807, 2.05) is 0 Å². The molecule has 7 nitrogen and oxygen atoms in total. The predicted octanol–water partition coefficient (Wildman–Crippen LogP) is 4.74. The van der Waals surface area contributed by atoms with E-state index in [4.69, 9.17) is 16.3 Å². The van der Waals surface area contributed by atoms with Crippen LogP contribution in [0.15, 0.2) is 48.8 Å². The van der Waals surface area contributed by atoms with Gasteiger partial charge in [-0.3, -0.25) is 19.4 Å². The maximum Gasteiger partial charge on any atom is 0.269 e.